The van der Waals surface area contributed by atoms with E-state index in [2.05, 4.69) is 52.7 Å². The van der Waals surface area contributed by atoms with Crippen LogP contribution in [0.5, 0.6) is 5.88 Å². The molecule has 4 atom stereocenters. The van der Waals surface area contributed by atoms with Crippen molar-refractivity contribution in [3.63, 3.8) is 0 Å². The lowest BCUT2D eigenvalue weighted by Gasteiger charge is -2.39. The Labute approximate surface area is 341 Å². The van der Waals surface area contributed by atoms with E-state index in [9.17, 15) is 23.3 Å². The van der Waals surface area contributed by atoms with E-state index in [4.69, 9.17) is 18.1 Å². The summed E-state index contributed by atoms with van der Waals surface area (Å²) in [6, 6.07) is 10.2. The van der Waals surface area contributed by atoms with Crippen LogP contribution in [0.3, 0.4) is 0 Å². The fraction of sp³-hybridized carbons (Fsp3) is 0.628. The minimum atomic E-state index is -4.57. The van der Waals surface area contributed by atoms with Gasteiger partial charge in [-0.2, -0.15) is 13.4 Å². The first kappa shape index (κ1) is 46.3. The van der Waals surface area contributed by atoms with Crippen LogP contribution in [0.25, 0.3) is 0 Å². The summed E-state index contributed by atoms with van der Waals surface area (Å²) in [4.78, 5) is 30.0. The molecule has 2 aromatic carbocycles. The Morgan fingerprint density at radius 1 is 0.965 bits per heavy atom. The molecule has 1 fully saturated rings. The zero-order valence-electron chi connectivity index (χ0n) is 36.6. The van der Waals surface area contributed by atoms with Gasteiger partial charge in [0.25, 0.3) is 5.69 Å². The third-order valence-corrected chi connectivity index (χ3v) is 17.1. The molecule has 0 radical (unpaired) electrons. The van der Waals surface area contributed by atoms with Crippen LogP contribution in [0.4, 0.5) is 5.69 Å². The fourth-order valence-electron chi connectivity index (χ4n) is 6.96. The highest BCUT2D eigenvalue weighted by Gasteiger charge is 2.45. The van der Waals surface area contributed by atoms with Crippen molar-refractivity contribution in [2.45, 2.75) is 175 Å². The first-order valence-corrected chi connectivity index (χ1v) is 24.4. The molecule has 57 heavy (non-hydrogen) atoms. The van der Waals surface area contributed by atoms with Crippen LogP contribution in [0.2, 0.25) is 18.1 Å². The lowest BCUT2D eigenvalue weighted by Crippen LogP contribution is -2.45. The van der Waals surface area contributed by atoms with E-state index in [-0.39, 0.29) is 57.8 Å². The topological polar surface area (TPSA) is 149 Å². The lowest BCUT2D eigenvalue weighted by molar-refractivity contribution is -0.386. The molecule has 316 valence electrons. The molecule has 1 aliphatic heterocycles. The van der Waals surface area contributed by atoms with Crippen molar-refractivity contribution in [2.24, 2.45) is 5.41 Å². The SMILES string of the molecule is CC[C@H]1O[C@@H](n2cc(CO[C@H](c3ccccc3[N+](=O)[O-])C(C)(C)C)c(OS(=O)(=O)c3c(C(C)C)cc(C(C)C)cc3C(C)C)nc2=O)CC1O[Si](C)(C)C(C)(C)C. The Hall–Kier alpha value is -3.43. The monoisotopic (exact) mass is 827 g/mol. The van der Waals surface area contributed by atoms with E-state index in [1.807, 2.05) is 67.5 Å². The number of hydrogen-bond acceptors (Lipinski definition) is 10. The van der Waals surface area contributed by atoms with Crippen molar-refractivity contribution < 1.29 is 31.4 Å². The highest BCUT2D eigenvalue weighted by atomic mass is 32.2. The number of rotatable bonds is 15. The Morgan fingerprint density at radius 2 is 1.54 bits per heavy atom. The number of hydrogen-bond donors (Lipinski definition) is 0. The second-order valence-corrected chi connectivity index (χ2v) is 25.1. The number of para-hydroxylation sites is 1. The maximum absolute atomic E-state index is 14.6. The molecule has 3 aromatic rings. The molecule has 14 heteroatoms. The van der Waals surface area contributed by atoms with Gasteiger partial charge in [-0.15, -0.1) is 0 Å². The van der Waals surface area contributed by atoms with Crippen LogP contribution in [0.1, 0.15) is 161 Å². The normalized spacial score (nSPS) is 18.8. The average Bonchev–Trinajstić information content (AvgIpc) is 3.48. The van der Waals surface area contributed by atoms with E-state index in [1.165, 1.54) is 16.8 Å². The quantitative estimate of drug-likeness (QED) is 0.0627. The summed E-state index contributed by atoms with van der Waals surface area (Å²) in [6.45, 7) is 30.1. The van der Waals surface area contributed by atoms with Crippen LogP contribution in [0.15, 0.2) is 52.3 Å². The highest BCUT2D eigenvalue weighted by Crippen LogP contribution is 2.44. The molecular formula is C43H65N3O9SSi. The Kier molecular flexibility index (Phi) is 14.1. The van der Waals surface area contributed by atoms with E-state index in [1.54, 1.807) is 18.2 Å². The third-order valence-electron chi connectivity index (χ3n) is 11.3. The van der Waals surface area contributed by atoms with E-state index < -0.39 is 52.7 Å². The molecule has 1 aliphatic rings. The van der Waals surface area contributed by atoms with Gasteiger partial charge in [-0.25, -0.2) is 4.79 Å². The number of ether oxygens (including phenoxy) is 2. The molecule has 0 aliphatic carbocycles. The number of nitro benzene ring substituents is 1. The van der Waals surface area contributed by atoms with Crippen molar-refractivity contribution in [3.8, 4) is 5.88 Å². The van der Waals surface area contributed by atoms with Gasteiger partial charge in [-0.05, 0) is 70.5 Å². The van der Waals surface area contributed by atoms with Gasteiger partial charge in [-0.3, -0.25) is 14.7 Å². The van der Waals surface area contributed by atoms with Gasteiger partial charge in [0.2, 0.25) is 5.88 Å². The predicted molar refractivity (Wildman–Crippen MR) is 226 cm³/mol. The van der Waals surface area contributed by atoms with Crippen molar-refractivity contribution in [3.05, 3.63) is 91.0 Å². The highest BCUT2D eigenvalue weighted by molar-refractivity contribution is 7.87. The van der Waals surface area contributed by atoms with E-state index in [0.717, 1.165) is 5.56 Å². The average molecular weight is 828 g/mol. The predicted octanol–water partition coefficient (Wildman–Crippen LogP) is 10.7. The van der Waals surface area contributed by atoms with Gasteiger partial charge in [0.15, 0.2) is 8.32 Å². The molecule has 1 saturated heterocycles. The summed E-state index contributed by atoms with van der Waals surface area (Å²) in [7, 11) is -6.79. The minimum absolute atomic E-state index is 0.0475. The van der Waals surface area contributed by atoms with Gasteiger partial charge in [-0.1, -0.05) is 114 Å². The fourth-order valence-corrected chi connectivity index (χ4v) is 9.92. The first-order valence-electron chi connectivity index (χ1n) is 20.1. The van der Waals surface area contributed by atoms with Gasteiger partial charge in [0, 0.05) is 18.7 Å². The molecule has 0 N–H and O–H groups in total. The number of aromatic nitrogens is 2. The second kappa shape index (κ2) is 17.4. The molecule has 0 amide bonds. The summed E-state index contributed by atoms with van der Waals surface area (Å²) in [5, 5.41) is 12.1. The number of benzene rings is 2. The van der Waals surface area contributed by atoms with Gasteiger partial charge < -0.3 is 18.1 Å². The molecule has 1 aromatic heterocycles. The van der Waals surface area contributed by atoms with E-state index in [0.29, 0.717) is 29.5 Å². The minimum Gasteiger partial charge on any atom is -0.411 e. The molecule has 0 bridgehead atoms. The van der Waals surface area contributed by atoms with Crippen molar-refractivity contribution in [2.75, 3.05) is 0 Å². The summed E-state index contributed by atoms with van der Waals surface area (Å²) >= 11 is 0. The summed E-state index contributed by atoms with van der Waals surface area (Å²) in [5.74, 6) is -0.605. The van der Waals surface area contributed by atoms with Gasteiger partial charge in [0.05, 0.1) is 41.0 Å². The smallest absolute Gasteiger partial charge is 0.353 e. The maximum Gasteiger partial charge on any atom is 0.353 e. The summed E-state index contributed by atoms with van der Waals surface area (Å²) in [6.07, 6.45) is 0.388. The van der Waals surface area contributed by atoms with Crippen molar-refractivity contribution in [1.82, 2.24) is 9.55 Å². The zero-order valence-corrected chi connectivity index (χ0v) is 38.4. The largest absolute Gasteiger partial charge is 0.411 e. The van der Waals surface area contributed by atoms with Crippen LogP contribution >= 0.6 is 0 Å². The van der Waals surface area contributed by atoms with Crippen LogP contribution in [-0.4, -0.2) is 43.4 Å². The molecular weight excluding hydrogens is 763 g/mol. The first-order chi connectivity index (χ1) is 26.2. The van der Waals surface area contributed by atoms with Crippen molar-refractivity contribution in [1.29, 1.82) is 0 Å². The van der Waals surface area contributed by atoms with Crippen LogP contribution < -0.4 is 9.87 Å². The summed E-state index contributed by atoms with van der Waals surface area (Å²) < 4.78 is 56.3. The second-order valence-electron chi connectivity index (χ2n) is 18.9. The molecule has 0 spiro atoms. The van der Waals surface area contributed by atoms with Gasteiger partial charge in [0.1, 0.15) is 11.1 Å². The molecule has 12 nitrogen and oxygen atoms in total. The third kappa shape index (κ3) is 10.4. The summed E-state index contributed by atoms with van der Waals surface area (Å²) in [5.41, 5.74) is 1.24. The molecule has 1 unspecified atom stereocenters. The Balaban J connectivity index is 1.88. The molecule has 4 rings (SSSR count). The molecule has 0 saturated carbocycles. The number of nitrogens with zero attached hydrogens (tertiary/aromatic N) is 3. The van der Waals surface area contributed by atoms with Crippen LogP contribution in [0, 0.1) is 15.5 Å². The maximum atomic E-state index is 14.6. The number of nitro groups is 1. The Morgan fingerprint density at radius 3 is 2.04 bits per heavy atom. The van der Waals surface area contributed by atoms with Crippen LogP contribution in [-0.2, 0) is 30.6 Å². The van der Waals surface area contributed by atoms with Gasteiger partial charge >= 0.3 is 15.8 Å². The zero-order chi connectivity index (χ0) is 43.0. The van der Waals surface area contributed by atoms with E-state index >= 15 is 0 Å². The molecule has 2 heterocycles. The lowest BCUT2D eigenvalue weighted by atomic mass is 9.84. The van der Waals surface area contributed by atoms with Crippen molar-refractivity contribution >= 4 is 24.1 Å². The standard InChI is InChI=1S/C43H65N3O9SSi/c1-16-35-36(55-57(14,15)43(11,12)13)23-37(53-35)45-24-30(25-52-39(42(8,9)10)31-19-17-18-20-34(31)46(48)49)40(44-41(45)47)54-56(50,51)38-32(27(4)5)21-29(26(2)3)22-33(38)28(6)7/h17-22,24,26-28,35-37,39H,16,23,25H2,1-15H3/t35-,36?,37-,39-/m1/s1. The Bertz CT molecular complexity index is 2050.